The van der Waals surface area contributed by atoms with Gasteiger partial charge in [-0.25, -0.2) is 0 Å². The number of hydrogen-bond donors (Lipinski definition) is 2. The highest BCUT2D eigenvalue weighted by molar-refractivity contribution is 5.75. The third-order valence-electron chi connectivity index (χ3n) is 3.40. The molecule has 1 fully saturated rings. The molecule has 18 heavy (non-hydrogen) atoms. The molecule has 0 heterocycles. The Hall–Kier alpha value is -0.780. The van der Waals surface area contributed by atoms with Crippen LogP contribution in [0.25, 0.3) is 0 Å². The Labute approximate surface area is 105 Å². The van der Waals surface area contributed by atoms with Crippen molar-refractivity contribution in [2.75, 3.05) is 6.54 Å². The third kappa shape index (κ3) is 6.83. The van der Waals surface area contributed by atoms with Crippen molar-refractivity contribution >= 4 is 5.91 Å². The fraction of sp³-hybridized carbons (Fsp3) is 0.917. The normalized spacial score (nSPS) is 24.9. The summed E-state index contributed by atoms with van der Waals surface area (Å²) in [5, 5.41) is 2.30. The SMILES string of the molecule is NC1CCC(CCC(=O)NCCC(F)(F)F)CC1. The van der Waals surface area contributed by atoms with E-state index >= 15 is 0 Å². The van der Waals surface area contributed by atoms with Crippen LogP contribution in [0.5, 0.6) is 0 Å². The molecule has 0 aliphatic heterocycles. The quantitative estimate of drug-likeness (QED) is 0.802. The van der Waals surface area contributed by atoms with Gasteiger partial charge in [0.15, 0.2) is 0 Å². The predicted molar refractivity (Wildman–Crippen MR) is 62.8 cm³/mol. The fourth-order valence-electron chi connectivity index (χ4n) is 2.24. The topological polar surface area (TPSA) is 55.1 Å². The molecule has 1 aliphatic rings. The Balaban J connectivity index is 2.06. The van der Waals surface area contributed by atoms with Crippen molar-refractivity contribution in [1.29, 1.82) is 0 Å². The number of nitrogens with one attached hydrogen (secondary N) is 1. The van der Waals surface area contributed by atoms with E-state index in [-0.39, 0.29) is 18.5 Å². The van der Waals surface area contributed by atoms with Crippen LogP contribution >= 0.6 is 0 Å². The lowest BCUT2D eigenvalue weighted by Gasteiger charge is -2.25. The minimum atomic E-state index is -4.20. The van der Waals surface area contributed by atoms with Crippen LogP contribution in [-0.2, 0) is 4.79 Å². The van der Waals surface area contributed by atoms with Gasteiger partial charge in [-0.15, -0.1) is 0 Å². The smallest absolute Gasteiger partial charge is 0.356 e. The molecule has 0 saturated heterocycles. The van der Waals surface area contributed by atoms with Gasteiger partial charge in [0, 0.05) is 19.0 Å². The summed E-state index contributed by atoms with van der Waals surface area (Å²) in [5.74, 6) is 0.215. The summed E-state index contributed by atoms with van der Waals surface area (Å²) in [7, 11) is 0. The minimum Gasteiger partial charge on any atom is -0.356 e. The van der Waals surface area contributed by atoms with Crippen molar-refractivity contribution in [3.8, 4) is 0 Å². The zero-order chi connectivity index (χ0) is 13.6. The Morgan fingerprint density at radius 1 is 1.22 bits per heavy atom. The molecule has 1 amide bonds. The molecule has 3 nitrogen and oxygen atoms in total. The van der Waals surface area contributed by atoms with E-state index in [9.17, 15) is 18.0 Å². The van der Waals surface area contributed by atoms with Gasteiger partial charge in [0.1, 0.15) is 0 Å². The predicted octanol–water partition coefficient (Wildman–Crippen LogP) is 2.35. The van der Waals surface area contributed by atoms with Gasteiger partial charge in [-0.05, 0) is 38.0 Å². The van der Waals surface area contributed by atoms with Crippen LogP contribution < -0.4 is 11.1 Å². The van der Waals surface area contributed by atoms with E-state index in [1.165, 1.54) is 0 Å². The molecule has 0 aromatic carbocycles. The maximum absolute atomic E-state index is 11.9. The first-order chi connectivity index (χ1) is 8.37. The maximum Gasteiger partial charge on any atom is 0.390 e. The van der Waals surface area contributed by atoms with Crippen molar-refractivity contribution in [3.63, 3.8) is 0 Å². The molecule has 0 unspecified atom stereocenters. The van der Waals surface area contributed by atoms with Gasteiger partial charge in [0.05, 0.1) is 6.42 Å². The van der Waals surface area contributed by atoms with Crippen LogP contribution in [0.4, 0.5) is 13.2 Å². The van der Waals surface area contributed by atoms with Crippen LogP contribution in [0.1, 0.15) is 44.9 Å². The highest BCUT2D eigenvalue weighted by Gasteiger charge is 2.26. The number of carbonyl (C=O) groups is 1. The summed E-state index contributed by atoms with van der Waals surface area (Å²) >= 11 is 0. The lowest BCUT2D eigenvalue weighted by atomic mass is 9.84. The molecule has 3 N–H and O–H groups in total. The van der Waals surface area contributed by atoms with Crippen LogP contribution in [0, 0.1) is 5.92 Å². The average Bonchev–Trinajstić information content (AvgIpc) is 2.26. The molecule has 1 rings (SSSR count). The molecule has 0 aromatic rings. The lowest BCUT2D eigenvalue weighted by Crippen LogP contribution is -2.29. The molecule has 1 aliphatic carbocycles. The van der Waals surface area contributed by atoms with Crippen LogP contribution in [0.15, 0.2) is 0 Å². The van der Waals surface area contributed by atoms with Gasteiger partial charge < -0.3 is 11.1 Å². The number of carbonyl (C=O) groups excluding carboxylic acids is 1. The Bertz CT molecular complexity index is 261. The van der Waals surface area contributed by atoms with Gasteiger partial charge >= 0.3 is 6.18 Å². The number of halogens is 3. The zero-order valence-corrected chi connectivity index (χ0v) is 10.4. The molecule has 0 spiro atoms. The van der Waals surface area contributed by atoms with Crippen LogP contribution in [0.2, 0.25) is 0 Å². The van der Waals surface area contributed by atoms with E-state index in [4.69, 9.17) is 5.73 Å². The van der Waals surface area contributed by atoms with Crippen molar-refractivity contribution in [3.05, 3.63) is 0 Å². The first-order valence-corrected chi connectivity index (χ1v) is 6.46. The minimum absolute atomic E-state index is 0.280. The Morgan fingerprint density at radius 2 is 1.83 bits per heavy atom. The van der Waals surface area contributed by atoms with Gasteiger partial charge in [-0.2, -0.15) is 13.2 Å². The first kappa shape index (κ1) is 15.3. The lowest BCUT2D eigenvalue weighted by molar-refractivity contribution is -0.135. The van der Waals surface area contributed by atoms with Gasteiger partial charge in [-0.1, -0.05) is 0 Å². The van der Waals surface area contributed by atoms with Gasteiger partial charge in [0.2, 0.25) is 5.91 Å². The largest absolute Gasteiger partial charge is 0.390 e. The average molecular weight is 266 g/mol. The number of alkyl halides is 3. The van der Waals surface area contributed by atoms with Crippen LogP contribution in [0.3, 0.4) is 0 Å². The molecular formula is C12H21F3N2O. The van der Waals surface area contributed by atoms with Crippen LogP contribution in [-0.4, -0.2) is 24.7 Å². The first-order valence-electron chi connectivity index (χ1n) is 6.46. The molecule has 6 heteroatoms. The third-order valence-corrected chi connectivity index (χ3v) is 3.40. The summed E-state index contributed by atoms with van der Waals surface area (Å²) in [6.45, 7) is -0.322. The molecule has 0 bridgehead atoms. The monoisotopic (exact) mass is 266 g/mol. The molecular weight excluding hydrogens is 245 g/mol. The number of amides is 1. The second kappa shape index (κ2) is 6.97. The van der Waals surface area contributed by atoms with E-state index < -0.39 is 12.6 Å². The van der Waals surface area contributed by atoms with E-state index in [1.807, 2.05) is 0 Å². The van der Waals surface area contributed by atoms with E-state index in [1.54, 1.807) is 0 Å². The van der Waals surface area contributed by atoms with Gasteiger partial charge in [0.25, 0.3) is 0 Å². The Kier molecular flexibility index (Phi) is 5.91. The fourth-order valence-corrected chi connectivity index (χ4v) is 2.24. The van der Waals surface area contributed by atoms with Crippen molar-refractivity contribution in [2.24, 2.45) is 11.7 Å². The highest BCUT2D eigenvalue weighted by atomic mass is 19.4. The van der Waals surface area contributed by atoms with Crippen molar-refractivity contribution in [1.82, 2.24) is 5.32 Å². The maximum atomic E-state index is 11.9. The second-order valence-corrected chi connectivity index (χ2v) is 5.03. The number of nitrogens with two attached hydrogens (primary N) is 1. The molecule has 0 atom stereocenters. The molecule has 106 valence electrons. The number of hydrogen-bond acceptors (Lipinski definition) is 2. The summed E-state index contributed by atoms with van der Waals surface area (Å²) in [6.07, 6.45) is -0.0686. The summed E-state index contributed by atoms with van der Waals surface area (Å²) < 4.78 is 35.6. The standard InChI is InChI=1S/C12H21F3N2O/c13-12(14,15)7-8-17-11(18)6-3-9-1-4-10(16)5-2-9/h9-10H,1-8,16H2,(H,17,18). The van der Waals surface area contributed by atoms with Crippen molar-refractivity contribution in [2.45, 2.75) is 57.2 Å². The zero-order valence-electron chi connectivity index (χ0n) is 10.4. The molecule has 0 radical (unpaired) electrons. The van der Waals surface area contributed by atoms with Crippen molar-refractivity contribution < 1.29 is 18.0 Å². The summed E-state index contributed by atoms with van der Waals surface area (Å²) in [5.41, 5.74) is 5.77. The van der Waals surface area contributed by atoms with E-state index in [0.29, 0.717) is 12.3 Å². The summed E-state index contributed by atoms with van der Waals surface area (Å²) in [4.78, 5) is 11.3. The van der Waals surface area contributed by atoms with E-state index in [2.05, 4.69) is 5.32 Å². The number of rotatable bonds is 5. The second-order valence-electron chi connectivity index (χ2n) is 5.03. The highest BCUT2D eigenvalue weighted by Crippen LogP contribution is 2.26. The Morgan fingerprint density at radius 3 is 2.39 bits per heavy atom. The molecule has 1 saturated carbocycles. The summed E-state index contributed by atoms with van der Waals surface area (Å²) in [6, 6.07) is 0.280. The molecule has 0 aromatic heterocycles. The van der Waals surface area contributed by atoms with Gasteiger partial charge in [-0.3, -0.25) is 4.79 Å². The van der Waals surface area contributed by atoms with E-state index in [0.717, 1.165) is 32.1 Å².